The van der Waals surface area contributed by atoms with Crippen molar-refractivity contribution >= 4 is 7.80 Å². The van der Waals surface area contributed by atoms with E-state index in [1.807, 2.05) is 6.66 Å². The molecule has 0 spiro atoms. The Morgan fingerprint density at radius 3 is 1.28 bits per heavy atom. The first-order valence-electron chi connectivity index (χ1n) is 8.15. The highest BCUT2D eigenvalue weighted by atomic mass is 31.1. The first-order chi connectivity index (χ1) is 8.77. The fourth-order valence-electron chi connectivity index (χ4n) is 2.35. The highest BCUT2D eigenvalue weighted by molar-refractivity contribution is 7.43. The van der Waals surface area contributed by atoms with Crippen LogP contribution in [0.3, 0.4) is 0 Å². The Kier molecular flexibility index (Phi) is 15.2. The van der Waals surface area contributed by atoms with Gasteiger partial charge in [-0.1, -0.05) is 82.1 Å². The molecule has 0 aliphatic carbocycles. The van der Waals surface area contributed by atoms with Crippen LogP contribution in [0.15, 0.2) is 0 Å². The number of unbranched alkanes of at least 4 members (excludes halogenated alkanes) is 12. The molecule has 0 N–H and O–H groups in total. The van der Waals surface area contributed by atoms with Gasteiger partial charge in [0.1, 0.15) is 12.8 Å². The molecule has 0 aromatic rings. The quantitative estimate of drug-likeness (QED) is 0.259. The van der Waals surface area contributed by atoms with Gasteiger partial charge in [0.15, 0.2) is 0 Å². The third-order valence-electron chi connectivity index (χ3n) is 3.58. The van der Waals surface area contributed by atoms with Gasteiger partial charge in [-0.3, -0.25) is 0 Å². The average molecular weight is 273 g/mol. The molecule has 1 atom stereocenters. The normalized spacial score (nSPS) is 11.8. The molecule has 0 aliphatic heterocycles. The fraction of sp³-hybridized carbons (Fsp3) is 1.00. The molecule has 18 heavy (non-hydrogen) atoms. The Balaban J connectivity index is 2.92. The summed E-state index contributed by atoms with van der Waals surface area (Å²) in [4.78, 5) is 0. The van der Waals surface area contributed by atoms with Crippen molar-refractivity contribution in [3.8, 4) is 0 Å². The zero-order valence-electron chi connectivity index (χ0n) is 12.8. The topological polar surface area (TPSA) is 17.1 Å². The molecule has 0 amide bonds. The number of hydrogen-bond acceptors (Lipinski definition) is 1. The SMILES string of the molecule is CCCCCCCCCCCCCCC[P+](C)=O. The molecule has 0 saturated carbocycles. The number of rotatable bonds is 14. The highest BCUT2D eigenvalue weighted by Crippen LogP contribution is 2.17. The van der Waals surface area contributed by atoms with Crippen molar-refractivity contribution in [1.29, 1.82) is 0 Å². The first kappa shape index (κ1) is 18.1. The van der Waals surface area contributed by atoms with E-state index >= 15 is 0 Å². The van der Waals surface area contributed by atoms with E-state index in [0.29, 0.717) is 0 Å². The van der Waals surface area contributed by atoms with Gasteiger partial charge in [0, 0.05) is 0 Å². The molecular weight excluding hydrogens is 239 g/mol. The van der Waals surface area contributed by atoms with Crippen LogP contribution in [0.2, 0.25) is 0 Å². The van der Waals surface area contributed by atoms with Gasteiger partial charge in [-0.15, -0.1) is 0 Å². The second-order valence-corrected chi connectivity index (χ2v) is 7.30. The molecule has 0 heterocycles. The van der Waals surface area contributed by atoms with Crippen LogP contribution in [0.25, 0.3) is 0 Å². The van der Waals surface area contributed by atoms with Crippen molar-refractivity contribution in [2.45, 2.75) is 90.4 Å². The summed E-state index contributed by atoms with van der Waals surface area (Å²) in [6.45, 7) is 4.12. The zero-order valence-corrected chi connectivity index (χ0v) is 13.6. The molecule has 108 valence electrons. The van der Waals surface area contributed by atoms with E-state index in [0.717, 1.165) is 6.16 Å². The maximum Gasteiger partial charge on any atom is 0.335 e. The van der Waals surface area contributed by atoms with Gasteiger partial charge >= 0.3 is 7.80 Å². The summed E-state index contributed by atoms with van der Waals surface area (Å²) in [7, 11) is -0.890. The van der Waals surface area contributed by atoms with Crippen molar-refractivity contribution in [1.82, 2.24) is 0 Å². The van der Waals surface area contributed by atoms with Gasteiger partial charge in [0.05, 0.1) is 0 Å². The Morgan fingerprint density at radius 1 is 0.611 bits per heavy atom. The number of hydrogen-bond donors (Lipinski definition) is 0. The maximum absolute atomic E-state index is 10.9. The lowest BCUT2D eigenvalue weighted by molar-refractivity contribution is 0.542. The van der Waals surface area contributed by atoms with Crippen molar-refractivity contribution in [2.75, 3.05) is 12.8 Å². The van der Waals surface area contributed by atoms with Crippen LogP contribution in [0.4, 0.5) is 0 Å². The lowest BCUT2D eigenvalue weighted by Gasteiger charge is -2.02. The van der Waals surface area contributed by atoms with Crippen LogP contribution in [-0.4, -0.2) is 12.8 Å². The van der Waals surface area contributed by atoms with Gasteiger partial charge < -0.3 is 0 Å². The summed E-state index contributed by atoms with van der Waals surface area (Å²) >= 11 is 0. The lowest BCUT2D eigenvalue weighted by atomic mass is 10.1. The van der Waals surface area contributed by atoms with Gasteiger partial charge in [-0.25, -0.2) is 0 Å². The predicted octanol–water partition coefficient (Wildman–Crippen LogP) is 6.53. The van der Waals surface area contributed by atoms with E-state index in [4.69, 9.17) is 0 Å². The minimum atomic E-state index is -0.890. The second kappa shape index (κ2) is 15.2. The van der Waals surface area contributed by atoms with E-state index in [1.165, 1.54) is 83.5 Å². The van der Waals surface area contributed by atoms with E-state index in [-0.39, 0.29) is 0 Å². The Hall–Kier alpha value is 0.100. The molecule has 2 heteroatoms. The summed E-state index contributed by atoms with van der Waals surface area (Å²) in [6.07, 6.45) is 19.0. The average Bonchev–Trinajstić information content (AvgIpc) is 2.34. The monoisotopic (exact) mass is 273 g/mol. The van der Waals surface area contributed by atoms with Crippen molar-refractivity contribution < 1.29 is 4.57 Å². The maximum atomic E-state index is 10.9. The molecule has 0 radical (unpaired) electrons. The van der Waals surface area contributed by atoms with Crippen LogP contribution < -0.4 is 0 Å². The minimum Gasteiger partial charge on any atom is -0.0752 e. The third-order valence-corrected chi connectivity index (χ3v) is 4.52. The van der Waals surface area contributed by atoms with E-state index < -0.39 is 7.80 Å². The van der Waals surface area contributed by atoms with Crippen LogP contribution in [0, 0.1) is 0 Å². The molecule has 0 aromatic heterocycles. The van der Waals surface area contributed by atoms with Crippen LogP contribution in [-0.2, 0) is 4.57 Å². The van der Waals surface area contributed by atoms with Crippen molar-refractivity contribution in [3.05, 3.63) is 0 Å². The molecule has 0 fully saturated rings. The van der Waals surface area contributed by atoms with Gasteiger partial charge in [0.25, 0.3) is 0 Å². The van der Waals surface area contributed by atoms with E-state index in [2.05, 4.69) is 6.92 Å². The molecule has 0 rings (SSSR count). The summed E-state index contributed by atoms with van der Waals surface area (Å²) in [5, 5.41) is 0. The molecule has 0 aromatic carbocycles. The molecular formula is C16H34OP+. The third kappa shape index (κ3) is 16.1. The molecule has 0 bridgehead atoms. The highest BCUT2D eigenvalue weighted by Gasteiger charge is 2.03. The second-order valence-electron chi connectivity index (χ2n) is 5.59. The molecule has 0 aliphatic rings. The van der Waals surface area contributed by atoms with E-state index in [1.54, 1.807) is 0 Å². The lowest BCUT2D eigenvalue weighted by Crippen LogP contribution is -1.84. The standard InChI is InChI=1S/C16H34OP/c1-3-4-5-6-7-8-9-10-11-12-13-14-15-16-18(2)17/h3-16H2,1-2H3/q+1. The Bertz CT molecular complexity index is 180. The van der Waals surface area contributed by atoms with Crippen LogP contribution in [0.1, 0.15) is 90.4 Å². The summed E-state index contributed by atoms with van der Waals surface area (Å²) < 4.78 is 10.9. The fourth-order valence-corrected chi connectivity index (χ4v) is 3.02. The first-order valence-corrected chi connectivity index (χ1v) is 10.0. The Morgan fingerprint density at radius 2 is 0.944 bits per heavy atom. The largest absolute Gasteiger partial charge is 0.335 e. The minimum absolute atomic E-state index is 0.890. The van der Waals surface area contributed by atoms with Crippen LogP contribution >= 0.6 is 7.80 Å². The van der Waals surface area contributed by atoms with Crippen molar-refractivity contribution in [3.63, 3.8) is 0 Å². The molecule has 1 unspecified atom stereocenters. The van der Waals surface area contributed by atoms with Crippen molar-refractivity contribution in [2.24, 2.45) is 0 Å². The van der Waals surface area contributed by atoms with Crippen LogP contribution in [0.5, 0.6) is 0 Å². The van der Waals surface area contributed by atoms with Gasteiger partial charge in [-0.2, -0.15) is 0 Å². The summed E-state index contributed by atoms with van der Waals surface area (Å²) in [5.41, 5.74) is 0. The van der Waals surface area contributed by atoms with Gasteiger partial charge in [-0.05, 0) is 12.8 Å². The predicted molar refractivity (Wildman–Crippen MR) is 84.1 cm³/mol. The molecule has 1 nitrogen and oxygen atoms in total. The zero-order chi connectivity index (χ0) is 13.5. The van der Waals surface area contributed by atoms with Gasteiger partial charge in [0.2, 0.25) is 0 Å². The smallest absolute Gasteiger partial charge is 0.0752 e. The summed E-state index contributed by atoms with van der Waals surface area (Å²) in [5.74, 6) is 0. The van der Waals surface area contributed by atoms with E-state index in [9.17, 15) is 4.57 Å². The molecule has 0 saturated heterocycles. The Labute approximate surface area is 116 Å². The summed E-state index contributed by atoms with van der Waals surface area (Å²) in [6, 6.07) is 0.